The molecule has 1 N–H and O–H groups in total. The number of hydrazone groups is 1. The second-order valence-corrected chi connectivity index (χ2v) is 7.68. The van der Waals surface area contributed by atoms with E-state index in [0.717, 1.165) is 21.2 Å². The van der Waals surface area contributed by atoms with E-state index in [9.17, 15) is 4.79 Å². The number of ether oxygens (including phenoxy) is 1. The van der Waals surface area contributed by atoms with Crippen molar-refractivity contribution in [2.45, 2.75) is 6.61 Å². The summed E-state index contributed by atoms with van der Waals surface area (Å²) in [4.78, 5) is 12.9. The van der Waals surface area contributed by atoms with E-state index >= 15 is 0 Å². The molecule has 3 aromatic carbocycles. The number of para-hydroxylation sites is 1. The maximum atomic E-state index is 12.5. The number of nitrogens with one attached hydrogen (secondary N) is 1. The van der Waals surface area contributed by atoms with Gasteiger partial charge in [-0.05, 0) is 23.8 Å². The van der Waals surface area contributed by atoms with Crippen LogP contribution in [0.4, 0.5) is 0 Å². The number of rotatable bonds is 6. The summed E-state index contributed by atoms with van der Waals surface area (Å²) in [6.45, 7) is 0.454. The molecule has 0 radical (unpaired) electrons. The minimum atomic E-state index is -0.338. The van der Waals surface area contributed by atoms with Gasteiger partial charge in [0, 0.05) is 15.6 Å². The highest BCUT2D eigenvalue weighted by atomic mass is 35.5. The lowest BCUT2D eigenvalue weighted by molar-refractivity contribution is 0.0959. The van der Waals surface area contributed by atoms with Crippen LogP contribution >= 0.6 is 22.9 Å². The van der Waals surface area contributed by atoms with Crippen molar-refractivity contribution in [1.29, 1.82) is 0 Å². The molecular weight excluding hydrogens is 404 g/mol. The Morgan fingerprint density at radius 3 is 2.55 bits per heavy atom. The highest BCUT2D eigenvalue weighted by Gasteiger charge is 2.16. The number of fused-ring (bicyclic) bond motifs is 1. The summed E-state index contributed by atoms with van der Waals surface area (Å²) < 4.78 is 6.87. The summed E-state index contributed by atoms with van der Waals surface area (Å²) in [5.41, 5.74) is 4.40. The van der Waals surface area contributed by atoms with Crippen molar-refractivity contribution >= 4 is 45.1 Å². The van der Waals surface area contributed by atoms with Crippen LogP contribution in [0.3, 0.4) is 0 Å². The van der Waals surface area contributed by atoms with Gasteiger partial charge in [0.2, 0.25) is 0 Å². The molecule has 6 heteroatoms. The third-order valence-corrected chi connectivity index (χ3v) is 5.94. The molecule has 4 aromatic rings. The number of amides is 1. The summed E-state index contributed by atoms with van der Waals surface area (Å²) in [5.74, 6) is 0.351. The Morgan fingerprint density at radius 1 is 1.00 bits per heavy atom. The quantitative estimate of drug-likeness (QED) is 0.312. The number of nitrogens with zero attached hydrogens (tertiary/aromatic N) is 1. The van der Waals surface area contributed by atoms with E-state index in [1.54, 1.807) is 6.21 Å². The zero-order valence-corrected chi connectivity index (χ0v) is 16.9. The first kappa shape index (κ1) is 19.2. The Kier molecular flexibility index (Phi) is 5.89. The molecule has 0 fully saturated rings. The fraction of sp³-hybridized carbons (Fsp3) is 0.0435. The highest BCUT2D eigenvalue weighted by Crippen LogP contribution is 2.34. The van der Waals surface area contributed by atoms with Crippen LogP contribution in [0.5, 0.6) is 5.75 Å². The standard InChI is InChI=1S/C23H17ClN2O2S/c24-21-18-11-5-7-13-20(18)29-22(21)23(27)26-25-14-17-10-4-6-12-19(17)28-15-16-8-2-1-3-9-16/h1-14H,15H2,(H,26,27)/b25-14-. The van der Waals surface area contributed by atoms with Gasteiger partial charge in [0.05, 0.1) is 11.2 Å². The van der Waals surface area contributed by atoms with Crippen molar-refractivity contribution in [2.24, 2.45) is 5.10 Å². The lowest BCUT2D eigenvalue weighted by Gasteiger charge is -2.08. The molecule has 0 aliphatic rings. The van der Waals surface area contributed by atoms with Crippen LogP contribution in [0.1, 0.15) is 20.8 Å². The molecule has 0 aliphatic heterocycles. The lowest BCUT2D eigenvalue weighted by atomic mass is 10.2. The van der Waals surface area contributed by atoms with E-state index < -0.39 is 0 Å². The third-order valence-electron chi connectivity index (χ3n) is 4.27. The molecule has 0 bridgehead atoms. The molecule has 0 unspecified atom stereocenters. The molecule has 4 nitrogen and oxygen atoms in total. The van der Waals surface area contributed by atoms with E-state index in [1.165, 1.54) is 11.3 Å². The van der Waals surface area contributed by atoms with E-state index in [-0.39, 0.29) is 5.91 Å². The molecule has 0 spiro atoms. The monoisotopic (exact) mass is 420 g/mol. The molecule has 144 valence electrons. The Labute approximate surface area is 177 Å². The maximum Gasteiger partial charge on any atom is 0.283 e. The van der Waals surface area contributed by atoms with Crippen molar-refractivity contribution in [3.8, 4) is 5.75 Å². The van der Waals surface area contributed by atoms with E-state index in [1.807, 2.05) is 78.9 Å². The first-order valence-corrected chi connectivity index (χ1v) is 10.2. The largest absolute Gasteiger partial charge is 0.488 e. The normalized spacial score (nSPS) is 11.1. The highest BCUT2D eigenvalue weighted by molar-refractivity contribution is 7.21. The molecule has 1 heterocycles. The summed E-state index contributed by atoms with van der Waals surface area (Å²) in [5, 5.41) is 5.41. The molecule has 0 saturated heterocycles. The molecule has 0 aliphatic carbocycles. The predicted molar refractivity (Wildman–Crippen MR) is 119 cm³/mol. The Balaban J connectivity index is 1.45. The van der Waals surface area contributed by atoms with Gasteiger partial charge in [-0.3, -0.25) is 4.79 Å². The topological polar surface area (TPSA) is 50.7 Å². The van der Waals surface area contributed by atoms with Crippen LogP contribution in [-0.4, -0.2) is 12.1 Å². The molecular formula is C23H17ClN2O2S. The molecule has 4 rings (SSSR count). The van der Waals surface area contributed by atoms with Crippen molar-refractivity contribution in [3.63, 3.8) is 0 Å². The number of thiophene rings is 1. The average Bonchev–Trinajstić information content (AvgIpc) is 3.10. The molecule has 1 aromatic heterocycles. The van der Waals surface area contributed by atoms with Crippen LogP contribution in [-0.2, 0) is 6.61 Å². The van der Waals surface area contributed by atoms with Crippen molar-refractivity contribution in [3.05, 3.63) is 99.9 Å². The summed E-state index contributed by atoms with van der Waals surface area (Å²) >= 11 is 7.69. The molecule has 1 amide bonds. The van der Waals surface area contributed by atoms with Crippen molar-refractivity contribution in [1.82, 2.24) is 5.43 Å². The maximum absolute atomic E-state index is 12.5. The summed E-state index contributed by atoms with van der Waals surface area (Å²) in [6, 6.07) is 25.1. The summed E-state index contributed by atoms with van der Waals surface area (Å²) in [6.07, 6.45) is 1.57. The molecule has 29 heavy (non-hydrogen) atoms. The van der Waals surface area contributed by atoms with Crippen molar-refractivity contribution < 1.29 is 9.53 Å². The second-order valence-electron chi connectivity index (χ2n) is 6.25. The number of benzene rings is 3. The van der Waals surface area contributed by atoms with Crippen LogP contribution in [0.2, 0.25) is 5.02 Å². The first-order chi connectivity index (χ1) is 14.2. The van der Waals surface area contributed by atoms with Gasteiger partial charge in [0.15, 0.2) is 0 Å². The second kappa shape index (κ2) is 8.90. The Bertz CT molecular complexity index is 1170. The fourth-order valence-electron chi connectivity index (χ4n) is 2.83. The average molecular weight is 421 g/mol. The molecule has 0 atom stereocenters. The van der Waals surface area contributed by atoms with Crippen LogP contribution in [0.15, 0.2) is 84.0 Å². The van der Waals surface area contributed by atoms with Gasteiger partial charge in [-0.15, -0.1) is 11.3 Å². The summed E-state index contributed by atoms with van der Waals surface area (Å²) in [7, 11) is 0. The fourth-order valence-corrected chi connectivity index (χ4v) is 4.23. The zero-order valence-electron chi connectivity index (χ0n) is 15.3. The minimum absolute atomic E-state index is 0.338. The lowest BCUT2D eigenvalue weighted by Crippen LogP contribution is -2.16. The first-order valence-electron chi connectivity index (χ1n) is 8.98. The Morgan fingerprint density at radius 2 is 1.72 bits per heavy atom. The number of hydrogen-bond acceptors (Lipinski definition) is 4. The van der Waals surface area contributed by atoms with Crippen LogP contribution in [0.25, 0.3) is 10.1 Å². The van der Waals surface area contributed by atoms with Gasteiger partial charge < -0.3 is 4.74 Å². The third kappa shape index (κ3) is 4.47. The van der Waals surface area contributed by atoms with Gasteiger partial charge in [-0.2, -0.15) is 5.10 Å². The minimum Gasteiger partial charge on any atom is -0.488 e. The van der Waals surface area contributed by atoms with Crippen LogP contribution in [0, 0.1) is 0 Å². The van der Waals surface area contributed by atoms with E-state index in [0.29, 0.717) is 22.3 Å². The zero-order chi connectivity index (χ0) is 20.1. The van der Waals surface area contributed by atoms with Crippen molar-refractivity contribution in [2.75, 3.05) is 0 Å². The van der Waals surface area contributed by atoms with Gasteiger partial charge >= 0.3 is 0 Å². The van der Waals surface area contributed by atoms with Gasteiger partial charge in [-0.25, -0.2) is 5.43 Å². The van der Waals surface area contributed by atoms with Crippen LogP contribution < -0.4 is 10.2 Å². The smallest absolute Gasteiger partial charge is 0.283 e. The van der Waals surface area contributed by atoms with E-state index in [4.69, 9.17) is 16.3 Å². The number of carbonyl (C=O) groups is 1. The number of halogens is 1. The number of carbonyl (C=O) groups excluding carboxylic acids is 1. The predicted octanol–water partition coefficient (Wildman–Crippen LogP) is 5.90. The Hall–Kier alpha value is -3.15. The van der Waals surface area contributed by atoms with Gasteiger partial charge in [-0.1, -0.05) is 72.3 Å². The van der Waals surface area contributed by atoms with Gasteiger partial charge in [0.1, 0.15) is 17.2 Å². The van der Waals surface area contributed by atoms with Gasteiger partial charge in [0.25, 0.3) is 5.91 Å². The van der Waals surface area contributed by atoms with E-state index in [2.05, 4.69) is 10.5 Å². The number of hydrogen-bond donors (Lipinski definition) is 1. The molecule has 0 saturated carbocycles. The SMILES string of the molecule is O=C(N/N=C\c1ccccc1OCc1ccccc1)c1sc2ccccc2c1Cl.